The van der Waals surface area contributed by atoms with Crippen LogP contribution in [0.5, 0.6) is 0 Å². The van der Waals surface area contributed by atoms with Crippen LogP contribution in [-0.2, 0) is 23.1 Å². The predicted octanol–water partition coefficient (Wildman–Crippen LogP) is 2.84. The van der Waals surface area contributed by atoms with Crippen LogP contribution in [0, 0.1) is 0 Å². The van der Waals surface area contributed by atoms with Gasteiger partial charge in [-0.1, -0.05) is 42.5 Å². The van der Waals surface area contributed by atoms with Crippen molar-refractivity contribution in [3.05, 3.63) is 65.2 Å². The van der Waals surface area contributed by atoms with Crippen molar-refractivity contribution in [2.45, 2.75) is 36.7 Å². The first-order valence-corrected chi connectivity index (χ1v) is 9.37. The molecule has 0 atom stereocenters. The van der Waals surface area contributed by atoms with Crippen LogP contribution in [0.4, 0.5) is 0 Å². The highest BCUT2D eigenvalue weighted by atomic mass is 32.2. The molecule has 2 aromatic rings. The third-order valence-electron chi connectivity index (χ3n) is 4.23. The van der Waals surface area contributed by atoms with Crippen molar-refractivity contribution in [3.63, 3.8) is 0 Å². The van der Waals surface area contributed by atoms with Gasteiger partial charge in [-0.15, -0.1) is 0 Å². The maximum absolute atomic E-state index is 11.7. The molecule has 122 valence electrons. The second kappa shape index (κ2) is 6.43. The molecule has 1 aliphatic carbocycles. The van der Waals surface area contributed by atoms with E-state index in [-0.39, 0.29) is 4.90 Å². The molecule has 0 amide bonds. The fourth-order valence-corrected chi connectivity index (χ4v) is 3.79. The summed E-state index contributed by atoms with van der Waals surface area (Å²) in [5.41, 5.74) is 3.49. The number of rotatable bonds is 6. The summed E-state index contributed by atoms with van der Waals surface area (Å²) < 4.78 is 23.4. The van der Waals surface area contributed by atoms with E-state index in [4.69, 9.17) is 5.14 Å². The molecule has 0 bridgehead atoms. The zero-order chi connectivity index (χ0) is 16.4. The summed E-state index contributed by atoms with van der Waals surface area (Å²) in [5.74, 6) is 0.705. The van der Waals surface area contributed by atoms with Gasteiger partial charge < -0.3 is 0 Å². The molecule has 1 aliphatic rings. The van der Waals surface area contributed by atoms with Gasteiger partial charge in [0.25, 0.3) is 0 Å². The molecule has 0 unspecified atom stereocenters. The Hall–Kier alpha value is -1.69. The van der Waals surface area contributed by atoms with E-state index in [2.05, 4.69) is 29.2 Å². The number of sulfonamides is 1. The van der Waals surface area contributed by atoms with E-state index in [1.165, 1.54) is 24.0 Å². The van der Waals surface area contributed by atoms with Crippen LogP contribution in [0.3, 0.4) is 0 Å². The molecular formula is C18H22N2O2S. The maximum Gasteiger partial charge on any atom is 0.238 e. The van der Waals surface area contributed by atoms with Crippen LogP contribution < -0.4 is 5.14 Å². The number of nitrogens with two attached hydrogens (primary N) is 1. The molecule has 5 heteroatoms. The van der Waals surface area contributed by atoms with E-state index in [1.807, 2.05) is 19.2 Å². The molecule has 0 saturated heterocycles. The summed E-state index contributed by atoms with van der Waals surface area (Å²) in [6.07, 6.45) is 2.55. The number of hydrogen-bond donors (Lipinski definition) is 1. The number of primary sulfonamides is 1. The third kappa shape index (κ3) is 3.99. The fourth-order valence-electron chi connectivity index (χ4n) is 3.02. The topological polar surface area (TPSA) is 63.4 Å². The average Bonchev–Trinajstić information content (AvgIpc) is 3.32. The SMILES string of the molecule is CN(Cc1ccccc1C1CC1)Cc1ccccc1S(N)(=O)=O. The summed E-state index contributed by atoms with van der Waals surface area (Å²) in [4.78, 5) is 2.34. The smallest absolute Gasteiger partial charge is 0.238 e. The van der Waals surface area contributed by atoms with Gasteiger partial charge in [-0.2, -0.15) is 0 Å². The van der Waals surface area contributed by atoms with E-state index < -0.39 is 10.0 Å². The van der Waals surface area contributed by atoms with Crippen molar-refractivity contribution in [1.29, 1.82) is 0 Å². The van der Waals surface area contributed by atoms with E-state index in [9.17, 15) is 8.42 Å². The second-order valence-electron chi connectivity index (χ2n) is 6.30. The summed E-state index contributed by atoms with van der Waals surface area (Å²) in [6.45, 7) is 1.34. The predicted molar refractivity (Wildman–Crippen MR) is 91.4 cm³/mol. The van der Waals surface area contributed by atoms with Crippen LogP contribution in [0.1, 0.15) is 35.4 Å². The molecule has 3 rings (SSSR count). The van der Waals surface area contributed by atoms with E-state index >= 15 is 0 Å². The maximum atomic E-state index is 11.7. The lowest BCUT2D eigenvalue weighted by atomic mass is 10.0. The van der Waals surface area contributed by atoms with Gasteiger partial charge in [0.05, 0.1) is 4.90 Å². The number of nitrogens with zero attached hydrogens (tertiary/aromatic N) is 1. The lowest BCUT2D eigenvalue weighted by Gasteiger charge is -2.20. The highest BCUT2D eigenvalue weighted by Gasteiger charge is 2.25. The lowest BCUT2D eigenvalue weighted by Crippen LogP contribution is -2.21. The van der Waals surface area contributed by atoms with Crippen LogP contribution >= 0.6 is 0 Å². The molecule has 23 heavy (non-hydrogen) atoms. The van der Waals surface area contributed by atoms with Gasteiger partial charge in [-0.05, 0) is 48.6 Å². The normalized spacial score (nSPS) is 15.1. The Kier molecular flexibility index (Phi) is 4.53. The van der Waals surface area contributed by atoms with Crippen molar-refractivity contribution in [3.8, 4) is 0 Å². The molecule has 0 aliphatic heterocycles. The average molecular weight is 330 g/mol. The molecule has 0 heterocycles. The Morgan fingerprint density at radius 3 is 2.22 bits per heavy atom. The third-order valence-corrected chi connectivity index (χ3v) is 5.24. The minimum Gasteiger partial charge on any atom is -0.298 e. The van der Waals surface area contributed by atoms with Gasteiger partial charge in [-0.25, -0.2) is 13.6 Å². The minimum absolute atomic E-state index is 0.210. The first-order valence-electron chi connectivity index (χ1n) is 7.82. The monoisotopic (exact) mass is 330 g/mol. The Morgan fingerprint density at radius 2 is 1.57 bits per heavy atom. The molecule has 1 saturated carbocycles. The summed E-state index contributed by atoms with van der Waals surface area (Å²) >= 11 is 0. The van der Waals surface area contributed by atoms with Crippen LogP contribution in [0.2, 0.25) is 0 Å². The molecule has 0 aromatic heterocycles. The Morgan fingerprint density at radius 1 is 1.00 bits per heavy atom. The van der Waals surface area contributed by atoms with Crippen LogP contribution in [0.25, 0.3) is 0 Å². The van der Waals surface area contributed by atoms with Gasteiger partial charge >= 0.3 is 0 Å². The van der Waals surface area contributed by atoms with Crippen LogP contribution in [-0.4, -0.2) is 20.4 Å². The Bertz CT molecular complexity index is 798. The van der Waals surface area contributed by atoms with Gasteiger partial charge in [0.2, 0.25) is 10.0 Å². The van der Waals surface area contributed by atoms with Crippen molar-refractivity contribution in [2.75, 3.05) is 7.05 Å². The molecule has 2 N–H and O–H groups in total. The highest BCUT2D eigenvalue weighted by Crippen LogP contribution is 2.41. The molecule has 4 nitrogen and oxygen atoms in total. The standard InChI is InChI=1S/C18H22N2O2S/c1-20(12-15-6-2-4-8-17(15)14-10-11-14)13-16-7-3-5-9-18(16)23(19,21)22/h2-9,14H,10-13H2,1H3,(H2,19,21,22). The zero-order valence-electron chi connectivity index (χ0n) is 13.3. The molecule has 2 aromatic carbocycles. The highest BCUT2D eigenvalue weighted by molar-refractivity contribution is 7.89. The van der Waals surface area contributed by atoms with Crippen LogP contribution in [0.15, 0.2) is 53.4 Å². The molecular weight excluding hydrogens is 308 g/mol. The van der Waals surface area contributed by atoms with Gasteiger partial charge in [0, 0.05) is 13.1 Å². The Balaban J connectivity index is 1.77. The largest absolute Gasteiger partial charge is 0.298 e. The minimum atomic E-state index is -3.69. The fraction of sp³-hybridized carbons (Fsp3) is 0.333. The molecule has 0 radical (unpaired) electrons. The van der Waals surface area contributed by atoms with Gasteiger partial charge in [0.1, 0.15) is 0 Å². The quantitative estimate of drug-likeness (QED) is 0.886. The number of benzene rings is 2. The first-order chi connectivity index (χ1) is 10.9. The lowest BCUT2D eigenvalue weighted by molar-refractivity contribution is 0.315. The molecule has 1 fully saturated rings. The van der Waals surface area contributed by atoms with E-state index in [0.29, 0.717) is 12.5 Å². The van der Waals surface area contributed by atoms with E-state index in [1.54, 1.807) is 12.1 Å². The first kappa shape index (κ1) is 16.2. The van der Waals surface area contributed by atoms with E-state index in [0.717, 1.165) is 12.1 Å². The summed E-state index contributed by atoms with van der Waals surface area (Å²) in [5, 5.41) is 5.31. The summed E-state index contributed by atoms with van der Waals surface area (Å²) in [6, 6.07) is 15.5. The van der Waals surface area contributed by atoms with Crippen molar-refractivity contribution in [1.82, 2.24) is 4.90 Å². The molecule has 0 spiro atoms. The summed E-state index contributed by atoms with van der Waals surface area (Å²) in [7, 11) is -1.69. The van der Waals surface area contributed by atoms with Crippen molar-refractivity contribution in [2.24, 2.45) is 5.14 Å². The van der Waals surface area contributed by atoms with Gasteiger partial charge in [0.15, 0.2) is 0 Å². The van der Waals surface area contributed by atoms with Gasteiger partial charge in [-0.3, -0.25) is 4.90 Å². The Labute approximate surface area is 138 Å². The second-order valence-corrected chi connectivity index (χ2v) is 7.83. The zero-order valence-corrected chi connectivity index (χ0v) is 14.1. The van der Waals surface area contributed by atoms with Crippen molar-refractivity contribution >= 4 is 10.0 Å². The van der Waals surface area contributed by atoms with Crippen molar-refractivity contribution < 1.29 is 8.42 Å². The number of hydrogen-bond acceptors (Lipinski definition) is 3.